The third-order valence-electron chi connectivity index (χ3n) is 3.11. The molecule has 1 N–H and O–H groups in total. The Labute approximate surface area is 101 Å². The summed E-state index contributed by atoms with van der Waals surface area (Å²) in [5, 5.41) is 8.16. The Balaban J connectivity index is 2.19. The van der Waals surface area contributed by atoms with Crippen LogP contribution in [0, 0.1) is 6.92 Å². The van der Waals surface area contributed by atoms with E-state index in [1.54, 1.807) is 4.68 Å². The standard InChI is InChI=1S/C11H18ClN3O/c1-8-9(10(12)15(3)14-8)16-11(2)4-6-13-7-5-11/h13H,4-7H2,1-3H3. The Morgan fingerprint density at radius 2 is 2.06 bits per heavy atom. The first kappa shape index (κ1) is 11.7. The third kappa shape index (κ3) is 2.18. The summed E-state index contributed by atoms with van der Waals surface area (Å²) in [5.41, 5.74) is 0.732. The van der Waals surface area contributed by atoms with E-state index < -0.39 is 0 Å². The second kappa shape index (κ2) is 4.26. The summed E-state index contributed by atoms with van der Waals surface area (Å²) < 4.78 is 7.72. The van der Waals surface area contributed by atoms with Crippen LogP contribution in [0.2, 0.25) is 5.15 Å². The summed E-state index contributed by atoms with van der Waals surface area (Å²) in [7, 11) is 1.83. The van der Waals surface area contributed by atoms with Gasteiger partial charge in [-0.15, -0.1) is 0 Å². The van der Waals surface area contributed by atoms with Crippen LogP contribution in [0.15, 0.2) is 0 Å². The van der Waals surface area contributed by atoms with Gasteiger partial charge >= 0.3 is 0 Å². The minimum atomic E-state index is -0.122. The van der Waals surface area contributed by atoms with Crippen LogP contribution >= 0.6 is 11.6 Å². The fourth-order valence-corrected chi connectivity index (χ4v) is 2.24. The molecule has 2 heterocycles. The van der Waals surface area contributed by atoms with Crippen LogP contribution in [0.3, 0.4) is 0 Å². The van der Waals surface area contributed by atoms with Crippen LogP contribution in [0.25, 0.3) is 0 Å². The molecule has 0 unspecified atom stereocenters. The molecule has 1 aliphatic heterocycles. The number of nitrogens with one attached hydrogen (secondary N) is 1. The van der Waals surface area contributed by atoms with Crippen molar-refractivity contribution in [2.45, 2.75) is 32.3 Å². The van der Waals surface area contributed by atoms with Crippen LogP contribution in [0.1, 0.15) is 25.5 Å². The number of hydrogen-bond acceptors (Lipinski definition) is 3. The van der Waals surface area contributed by atoms with Gasteiger partial charge in [0, 0.05) is 7.05 Å². The van der Waals surface area contributed by atoms with E-state index in [1.165, 1.54) is 0 Å². The summed E-state index contributed by atoms with van der Waals surface area (Å²) >= 11 is 6.16. The van der Waals surface area contributed by atoms with E-state index in [1.807, 2.05) is 14.0 Å². The molecule has 0 atom stereocenters. The van der Waals surface area contributed by atoms with Crippen molar-refractivity contribution >= 4 is 11.6 Å². The van der Waals surface area contributed by atoms with Crippen molar-refractivity contribution in [3.05, 3.63) is 10.8 Å². The maximum Gasteiger partial charge on any atom is 0.179 e. The third-order valence-corrected chi connectivity index (χ3v) is 3.53. The maximum atomic E-state index is 6.16. The van der Waals surface area contributed by atoms with Crippen molar-refractivity contribution in [1.82, 2.24) is 15.1 Å². The molecule has 1 saturated heterocycles. The summed E-state index contributed by atoms with van der Waals surface area (Å²) in [5.74, 6) is 0.730. The highest BCUT2D eigenvalue weighted by atomic mass is 35.5. The molecule has 1 aromatic heterocycles. The van der Waals surface area contributed by atoms with Crippen molar-refractivity contribution in [2.75, 3.05) is 13.1 Å². The van der Waals surface area contributed by atoms with E-state index in [4.69, 9.17) is 16.3 Å². The molecule has 4 nitrogen and oxygen atoms in total. The molecule has 0 spiro atoms. The molecule has 5 heteroatoms. The van der Waals surface area contributed by atoms with Crippen molar-refractivity contribution in [3.63, 3.8) is 0 Å². The molecule has 0 radical (unpaired) electrons. The van der Waals surface area contributed by atoms with Crippen LogP contribution in [0.4, 0.5) is 0 Å². The van der Waals surface area contributed by atoms with Gasteiger partial charge in [0.05, 0.1) is 0 Å². The molecule has 2 rings (SSSR count). The van der Waals surface area contributed by atoms with Crippen LogP contribution < -0.4 is 10.1 Å². The number of rotatable bonds is 2. The molecule has 1 fully saturated rings. The zero-order valence-electron chi connectivity index (χ0n) is 10.0. The Morgan fingerprint density at radius 3 is 2.56 bits per heavy atom. The molecule has 16 heavy (non-hydrogen) atoms. The Bertz CT molecular complexity index is 383. The van der Waals surface area contributed by atoms with Crippen LogP contribution in [0.5, 0.6) is 5.75 Å². The molecule has 1 aliphatic rings. The number of hydrogen-bond donors (Lipinski definition) is 1. The molecule has 0 bridgehead atoms. The number of halogens is 1. The summed E-state index contributed by atoms with van der Waals surface area (Å²) in [6.45, 7) is 6.04. The first-order chi connectivity index (χ1) is 7.52. The van der Waals surface area contributed by atoms with E-state index in [0.29, 0.717) is 5.15 Å². The lowest BCUT2D eigenvalue weighted by atomic mass is 9.94. The second-order valence-electron chi connectivity index (χ2n) is 4.63. The summed E-state index contributed by atoms with van der Waals surface area (Å²) in [4.78, 5) is 0. The van der Waals surface area contributed by atoms with Crippen molar-refractivity contribution < 1.29 is 4.74 Å². The highest BCUT2D eigenvalue weighted by molar-refractivity contribution is 6.31. The van der Waals surface area contributed by atoms with Crippen LogP contribution in [-0.4, -0.2) is 28.5 Å². The summed E-state index contributed by atoms with van der Waals surface area (Å²) in [6, 6.07) is 0. The monoisotopic (exact) mass is 243 g/mol. The highest BCUT2D eigenvalue weighted by Crippen LogP contribution is 2.33. The molecular formula is C11H18ClN3O. The average molecular weight is 244 g/mol. The Kier molecular flexibility index (Phi) is 3.13. The predicted octanol–water partition coefficient (Wildman–Crippen LogP) is 1.90. The zero-order valence-corrected chi connectivity index (χ0v) is 10.8. The molecule has 0 amide bonds. The molecule has 1 aromatic rings. The lowest BCUT2D eigenvalue weighted by Crippen LogP contribution is -2.43. The Hall–Kier alpha value is -0.740. The number of nitrogens with zero attached hydrogens (tertiary/aromatic N) is 2. The van der Waals surface area contributed by atoms with Gasteiger partial charge in [-0.1, -0.05) is 11.6 Å². The number of aryl methyl sites for hydroxylation is 2. The van der Waals surface area contributed by atoms with E-state index in [-0.39, 0.29) is 5.60 Å². The van der Waals surface area contributed by atoms with Gasteiger partial charge in [0.15, 0.2) is 10.9 Å². The second-order valence-corrected chi connectivity index (χ2v) is 4.99. The van der Waals surface area contributed by atoms with Gasteiger partial charge in [0.25, 0.3) is 0 Å². The molecule has 0 aliphatic carbocycles. The molecule has 90 valence electrons. The fraction of sp³-hybridized carbons (Fsp3) is 0.727. The summed E-state index contributed by atoms with van der Waals surface area (Å²) in [6.07, 6.45) is 2.00. The topological polar surface area (TPSA) is 39.1 Å². The largest absolute Gasteiger partial charge is 0.482 e. The lowest BCUT2D eigenvalue weighted by molar-refractivity contribution is 0.0549. The van der Waals surface area contributed by atoms with Crippen molar-refractivity contribution in [1.29, 1.82) is 0 Å². The van der Waals surface area contributed by atoms with E-state index in [2.05, 4.69) is 17.3 Å². The SMILES string of the molecule is Cc1nn(C)c(Cl)c1OC1(C)CCNCC1. The van der Waals surface area contributed by atoms with Gasteiger partial charge in [-0.25, -0.2) is 0 Å². The number of piperidine rings is 1. The number of ether oxygens (including phenoxy) is 1. The first-order valence-electron chi connectivity index (χ1n) is 5.61. The normalized spacial score (nSPS) is 19.8. The van der Waals surface area contributed by atoms with E-state index in [9.17, 15) is 0 Å². The zero-order chi connectivity index (χ0) is 11.8. The Morgan fingerprint density at radius 1 is 1.44 bits per heavy atom. The molecule has 0 saturated carbocycles. The van der Waals surface area contributed by atoms with Gasteiger partial charge in [0.2, 0.25) is 0 Å². The van der Waals surface area contributed by atoms with Gasteiger partial charge in [-0.3, -0.25) is 4.68 Å². The van der Waals surface area contributed by atoms with Gasteiger partial charge in [-0.2, -0.15) is 5.10 Å². The molecular weight excluding hydrogens is 226 g/mol. The minimum Gasteiger partial charge on any atom is -0.482 e. The van der Waals surface area contributed by atoms with Gasteiger partial charge in [-0.05, 0) is 39.8 Å². The predicted molar refractivity (Wildman–Crippen MR) is 64.1 cm³/mol. The highest BCUT2D eigenvalue weighted by Gasteiger charge is 2.31. The minimum absolute atomic E-state index is 0.122. The fourth-order valence-electron chi connectivity index (χ4n) is 2.03. The van der Waals surface area contributed by atoms with E-state index in [0.717, 1.165) is 37.4 Å². The van der Waals surface area contributed by atoms with Crippen molar-refractivity contribution in [3.8, 4) is 5.75 Å². The van der Waals surface area contributed by atoms with Gasteiger partial charge in [0.1, 0.15) is 11.3 Å². The first-order valence-corrected chi connectivity index (χ1v) is 5.98. The van der Waals surface area contributed by atoms with Crippen LogP contribution in [-0.2, 0) is 7.05 Å². The smallest absolute Gasteiger partial charge is 0.179 e. The van der Waals surface area contributed by atoms with E-state index >= 15 is 0 Å². The maximum absolute atomic E-state index is 6.16. The molecule has 0 aromatic carbocycles. The van der Waals surface area contributed by atoms with Crippen molar-refractivity contribution in [2.24, 2.45) is 7.05 Å². The quantitative estimate of drug-likeness (QED) is 0.863. The lowest BCUT2D eigenvalue weighted by Gasteiger charge is -2.34. The van der Waals surface area contributed by atoms with Gasteiger partial charge < -0.3 is 10.1 Å². The average Bonchev–Trinajstić information content (AvgIpc) is 2.46. The number of aromatic nitrogens is 2.